The number of hydrogen-bond acceptors (Lipinski definition) is 5. The summed E-state index contributed by atoms with van der Waals surface area (Å²) in [5.74, 6) is 1.75. The Morgan fingerprint density at radius 2 is 1.97 bits per heavy atom. The number of rotatable bonds is 7. The molecule has 5 aliphatic rings. The Morgan fingerprint density at radius 1 is 1.18 bits per heavy atom. The summed E-state index contributed by atoms with van der Waals surface area (Å²) in [5, 5.41) is 8.20. The van der Waals surface area contributed by atoms with Crippen LogP contribution in [0.1, 0.15) is 79.9 Å². The number of halogens is 3. The van der Waals surface area contributed by atoms with Gasteiger partial charge in [-0.05, 0) is 61.6 Å². The molecule has 11 heteroatoms. The third kappa shape index (κ3) is 4.89. The maximum atomic E-state index is 14.2. The molecule has 2 amide bonds. The summed E-state index contributed by atoms with van der Waals surface area (Å²) in [6.45, 7) is 1.34. The quantitative estimate of drug-likeness (QED) is 0.482. The van der Waals surface area contributed by atoms with Gasteiger partial charge in [0, 0.05) is 49.6 Å². The average molecular weight is 562 g/mol. The van der Waals surface area contributed by atoms with Crippen molar-refractivity contribution >= 4 is 23.4 Å². The summed E-state index contributed by atoms with van der Waals surface area (Å²) in [5.41, 5.74) is 1.42. The predicted octanol–water partition coefficient (Wildman–Crippen LogP) is 4.86. The van der Waals surface area contributed by atoms with E-state index in [1.807, 2.05) is 9.80 Å². The van der Waals surface area contributed by atoms with Crippen molar-refractivity contribution in [1.29, 1.82) is 0 Å². The molecule has 7 rings (SSSR count). The zero-order valence-electron chi connectivity index (χ0n) is 22.1. The second-order valence-corrected chi connectivity index (χ2v) is 11.8. The zero-order chi connectivity index (χ0) is 27.3. The third-order valence-electron chi connectivity index (χ3n) is 9.30. The number of benzene rings is 1. The molecule has 0 N–H and O–H groups in total. The highest BCUT2D eigenvalue weighted by Crippen LogP contribution is 2.48. The third-order valence-corrected chi connectivity index (χ3v) is 9.65. The van der Waals surface area contributed by atoms with Crippen molar-refractivity contribution in [2.75, 3.05) is 19.6 Å². The first kappa shape index (κ1) is 26.5. The molecule has 2 bridgehead atoms. The number of amides is 2. The van der Waals surface area contributed by atoms with Crippen LogP contribution in [0.5, 0.6) is 5.75 Å². The normalized spacial score (nSPS) is 26.4. The Kier molecular flexibility index (Phi) is 7.24. The van der Waals surface area contributed by atoms with Gasteiger partial charge in [-0.1, -0.05) is 29.7 Å². The highest BCUT2D eigenvalue weighted by molar-refractivity contribution is 6.31. The number of alkyl halides is 2. The lowest BCUT2D eigenvalue weighted by Gasteiger charge is -2.46. The number of carbonyl (C=O) groups excluding carboxylic acids is 2. The largest absolute Gasteiger partial charge is 0.487 e. The SMILES string of the molecule is Cn1nnc(COc2ccc(Cl)c3c2[C@@H](CN2CCCC2=O)N(C(=O)[C@@H]2CC4CCC2CC4)CC3)c1C(F)F. The predicted molar refractivity (Wildman–Crippen MR) is 139 cm³/mol. The van der Waals surface area contributed by atoms with Crippen molar-refractivity contribution in [1.82, 2.24) is 24.8 Å². The van der Waals surface area contributed by atoms with E-state index in [4.69, 9.17) is 16.3 Å². The van der Waals surface area contributed by atoms with Crippen LogP contribution in [0.25, 0.3) is 0 Å². The highest BCUT2D eigenvalue weighted by Gasteiger charge is 2.45. The molecular formula is C28H34ClF2N5O3. The summed E-state index contributed by atoms with van der Waals surface area (Å²) in [4.78, 5) is 30.6. The van der Waals surface area contributed by atoms with Gasteiger partial charge in [-0.2, -0.15) is 0 Å². The first-order valence-corrected chi connectivity index (χ1v) is 14.4. The second-order valence-electron chi connectivity index (χ2n) is 11.4. The molecule has 0 unspecified atom stereocenters. The molecule has 1 aromatic heterocycles. The van der Waals surface area contributed by atoms with E-state index in [0.717, 1.165) is 41.5 Å². The number of fused-ring (bicyclic) bond motifs is 4. The van der Waals surface area contributed by atoms with Gasteiger partial charge >= 0.3 is 0 Å². The van der Waals surface area contributed by atoms with Crippen molar-refractivity contribution in [2.45, 2.75) is 70.4 Å². The molecule has 2 aromatic rings. The fourth-order valence-corrected chi connectivity index (χ4v) is 7.54. The van der Waals surface area contributed by atoms with Crippen molar-refractivity contribution in [3.63, 3.8) is 0 Å². The molecule has 1 aromatic carbocycles. The molecule has 0 spiro atoms. The molecule has 1 saturated heterocycles. The molecule has 0 radical (unpaired) electrons. The molecular weight excluding hydrogens is 528 g/mol. The van der Waals surface area contributed by atoms with Crippen LogP contribution in [-0.2, 0) is 29.7 Å². The number of aryl methyl sites for hydroxylation is 1. The van der Waals surface area contributed by atoms with Gasteiger partial charge in [0.05, 0.1) is 6.04 Å². The zero-order valence-corrected chi connectivity index (χ0v) is 22.9. The molecule has 210 valence electrons. The first-order chi connectivity index (χ1) is 18.8. The summed E-state index contributed by atoms with van der Waals surface area (Å²) in [7, 11) is 1.42. The summed E-state index contributed by atoms with van der Waals surface area (Å²) >= 11 is 6.68. The Hall–Kier alpha value is -2.75. The van der Waals surface area contributed by atoms with Crippen LogP contribution in [-0.4, -0.2) is 56.2 Å². The van der Waals surface area contributed by atoms with Crippen LogP contribution in [0.4, 0.5) is 8.78 Å². The summed E-state index contributed by atoms with van der Waals surface area (Å²) < 4.78 is 34.5. The molecule has 8 nitrogen and oxygen atoms in total. The molecule has 2 atom stereocenters. The smallest absolute Gasteiger partial charge is 0.282 e. The minimum atomic E-state index is -2.74. The van der Waals surface area contributed by atoms with Crippen molar-refractivity contribution < 1.29 is 23.1 Å². The topological polar surface area (TPSA) is 80.6 Å². The van der Waals surface area contributed by atoms with Gasteiger partial charge in [0.1, 0.15) is 23.7 Å². The van der Waals surface area contributed by atoms with Gasteiger partial charge in [0.15, 0.2) is 0 Å². The minimum absolute atomic E-state index is 0.00701. The van der Waals surface area contributed by atoms with Gasteiger partial charge in [-0.15, -0.1) is 5.10 Å². The van der Waals surface area contributed by atoms with Gasteiger partial charge in [-0.3, -0.25) is 9.59 Å². The number of ether oxygens (including phenoxy) is 1. The monoisotopic (exact) mass is 561 g/mol. The van der Waals surface area contributed by atoms with Crippen LogP contribution in [0.3, 0.4) is 0 Å². The molecule has 3 saturated carbocycles. The molecule has 3 aliphatic carbocycles. The molecule has 3 heterocycles. The average Bonchev–Trinajstić information content (AvgIpc) is 3.53. The van der Waals surface area contributed by atoms with Gasteiger partial charge < -0.3 is 14.5 Å². The van der Waals surface area contributed by atoms with E-state index >= 15 is 0 Å². The van der Waals surface area contributed by atoms with Crippen molar-refractivity contribution in [2.24, 2.45) is 24.8 Å². The minimum Gasteiger partial charge on any atom is -0.487 e. The highest BCUT2D eigenvalue weighted by atomic mass is 35.5. The standard InChI is InChI=1S/C28H34ClF2N5O3/c1-34-26(27(30)31)21(32-33-34)15-39-23-9-8-20(29)18-10-12-36(22(25(18)23)14-35-11-2-3-24(35)37)28(38)19-13-16-4-6-17(19)7-5-16/h8-9,16-17,19,22,27H,2-7,10-15H2,1H3/t16?,17?,19-,22-/m1/s1. The fraction of sp³-hybridized carbons (Fsp3) is 0.643. The Bertz CT molecular complexity index is 1260. The Morgan fingerprint density at radius 3 is 2.64 bits per heavy atom. The summed E-state index contributed by atoms with van der Waals surface area (Å²) in [6.07, 6.45) is 4.68. The van der Waals surface area contributed by atoms with Crippen molar-refractivity contribution in [3.05, 3.63) is 39.7 Å². The van der Waals surface area contributed by atoms with Crippen LogP contribution in [0.15, 0.2) is 12.1 Å². The van der Waals surface area contributed by atoms with Crippen LogP contribution >= 0.6 is 11.6 Å². The van der Waals surface area contributed by atoms with E-state index in [1.165, 1.54) is 19.9 Å². The van der Waals surface area contributed by atoms with E-state index in [2.05, 4.69) is 10.3 Å². The van der Waals surface area contributed by atoms with Gasteiger partial charge in [0.25, 0.3) is 6.43 Å². The van der Waals surface area contributed by atoms with E-state index in [1.54, 1.807) is 12.1 Å². The number of nitrogens with zero attached hydrogens (tertiary/aromatic N) is 5. The number of carbonyl (C=O) groups is 2. The molecule has 2 aliphatic heterocycles. The Labute approximate surface area is 231 Å². The second kappa shape index (κ2) is 10.7. The maximum absolute atomic E-state index is 14.2. The number of aromatic nitrogens is 3. The first-order valence-electron chi connectivity index (χ1n) is 14.0. The number of hydrogen-bond donors (Lipinski definition) is 0. The van der Waals surface area contributed by atoms with Crippen LogP contribution in [0, 0.1) is 17.8 Å². The van der Waals surface area contributed by atoms with E-state index < -0.39 is 12.5 Å². The summed E-state index contributed by atoms with van der Waals surface area (Å²) in [6, 6.07) is 3.05. The van der Waals surface area contributed by atoms with Gasteiger partial charge in [-0.25, -0.2) is 13.5 Å². The van der Waals surface area contributed by atoms with E-state index in [0.29, 0.717) is 55.1 Å². The fourth-order valence-electron chi connectivity index (χ4n) is 7.28. The molecule has 39 heavy (non-hydrogen) atoms. The van der Waals surface area contributed by atoms with E-state index in [9.17, 15) is 18.4 Å². The lowest BCUT2D eigenvalue weighted by atomic mass is 9.64. The lowest BCUT2D eigenvalue weighted by molar-refractivity contribution is -0.145. The van der Waals surface area contributed by atoms with Crippen LogP contribution in [0.2, 0.25) is 5.02 Å². The van der Waals surface area contributed by atoms with E-state index in [-0.39, 0.29) is 35.7 Å². The van der Waals surface area contributed by atoms with Gasteiger partial charge in [0.2, 0.25) is 11.8 Å². The van der Waals surface area contributed by atoms with Crippen LogP contribution < -0.4 is 4.74 Å². The van der Waals surface area contributed by atoms with Crippen molar-refractivity contribution in [3.8, 4) is 5.75 Å². The Balaban J connectivity index is 1.35. The lowest BCUT2D eigenvalue weighted by Crippen LogP contribution is -2.50. The molecule has 4 fully saturated rings. The maximum Gasteiger partial charge on any atom is 0.282 e. The number of likely N-dealkylation sites (tertiary alicyclic amines) is 1.